The Bertz CT molecular complexity index is 439. The second-order valence-corrected chi connectivity index (χ2v) is 6.10. The predicted octanol–water partition coefficient (Wildman–Crippen LogP) is 2.60. The number of amides is 1. The van der Waals surface area contributed by atoms with Gasteiger partial charge in [-0.3, -0.25) is 4.79 Å². The molecular formula is C14H19IN2O. The zero-order chi connectivity index (χ0) is 13.1. The molecule has 1 fully saturated rings. The van der Waals surface area contributed by atoms with Crippen molar-refractivity contribution in [3.63, 3.8) is 0 Å². The highest BCUT2D eigenvalue weighted by atomic mass is 127. The van der Waals surface area contributed by atoms with Gasteiger partial charge in [0.2, 0.25) is 0 Å². The molecule has 0 saturated heterocycles. The lowest BCUT2D eigenvalue weighted by Crippen LogP contribution is -2.40. The highest BCUT2D eigenvalue weighted by Crippen LogP contribution is 2.20. The first-order chi connectivity index (χ1) is 8.58. The molecule has 0 atom stereocenters. The van der Waals surface area contributed by atoms with E-state index in [4.69, 9.17) is 5.73 Å². The van der Waals surface area contributed by atoms with E-state index in [-0.39, 0.29) is 11.9 Å². The summed E-state index contributed by atoms with van der Waals surface area (Å²) >= 11 is 2.24. The molecule has 0 bridgehead atoms. The highest BCUT2D eigenvalue weighted by Gasteiger charge is 2.21. The van der Waals surface area contributed by atoms with Gasteiger partial charge in [-0.05, 0) is 66.8 Å². The summed E-state index contributed by atoms with van der Waals surface area (Å²) in [5, 5.41) is 3.12. The number of hydrogen-bond donors (Lipinski definition) is 2. The van der Waals surface area contributed by atoms with Gasteiger partial charge in [-0.25, -0.2) is 0 Å². The SMILES string of the molecule is Cc1cccc(C(=O)NC2CCC(N)CC2)c1I. The molecule has 0 unspecified atom stereocenters. The molecule has 1 aromatic rings. The maximum atomic E-state index is 12.2. The van der Waals surface area contributed by atoms with Gasteiger partial charge < -0.3 is 11.1 Å². The Hall–Kier alpha value is -0.620. The topological polar surface area (TPSA) is 55.1 Å². The molecule has 0 heterocycles. The van der Waals surface area contributed by atoms with E-state index >= 15 is 0 Å². The van der Waals surface area contributed by atoms with Crippen LogP contribution < -0.4 is 11.1 Å². The monoisotopic (exact) mass is 358 g/mol. The number of rotatable bonds is 2. The third kappa shape index (κ3) is 3.23. The minimum absolute atomic E-state index is 0.0450. The fraction of sp³-hybridized carbons (Fsp3) is 0.500. The van der Waals surface area contributed by atoms with Gasteiger partial charge in [0, 0.05) is 15.7 Å². The molecule has 0 aliphatic heterocycles. The van der Waals surface area contributed by atoms with Gasteiger partial charge in [-0.2, -0.15) is 0 Å². The van der Waals surface area contributed by atoms with Crippen molar-refractivity contribution in [3.05, 3.63) is 32.9 Å². The van der Waals surface area contributed by atoms with E-state index in [0.29, 0.717) is 6.04 Å². The Balaban J connectivity index is 2.01. The van der Waals surface area contributed by atoms with Gasteiger partial charge in [-0.1, -0.05) is 12.1 Å². The highest BCUT2D eigenvalue weighted by molar-refractivity contribution is 14.1. The lowest BCUT2D eigenvalue weighted by Gasteiger charge is -2.27. The van der Waals surface area contributed by atoms with Crippen LogP contribution in [0.2, 0.25) is 0 Å². The van der Waals surface area contributed by atoms with Crippen molar-refractivity contribution in [2.75, 3.05) is 0 Å². The second kappa shape index (κ2) is 6.02. The summed E-state index contributed by atoms with van der Waals surface area (Å²) in [7, 11) is 0. The van der Waals surface area contributed by atoms with Crippen molar-refractivity contribution in [2.45, 2.75) is 44.7 Å². The number of nitrogens with two attached hydrogens (primary N) is 1. The molecule has 1 saturated carbocycles. The van der Waals surface area contributed by atoms with Crippen molar-refractivity contribution in [1.29, 1.82) is 0 Å². The number of hydrogen-bond acceptors (Lipinski definition) is 2. The first-order valence-electron chi connectivity index (χ1n) is 6.39. The number of nitrogens with one attached hydrogen (secondary N) is 1. The van der Waals surface area contributed by atoms with Crippen LogP contribution in [0.25, 0.3) is 0 Å². The molecule has 1 amide bonds. The predicted molar refractivity (Wildman–Crippen MR) is 81.6 cm³/mol. The third-order valence-corrected chi connectivity index (χ3v) is 4.98. The van der Waals surface area contributed by atoms with Crippen LogP contribution in [0.1, 0.15) is 41.6 Å². The lowest BCUT2D eigenvalue weighted by molar-refractivity contribution is 0.0925. The summed E-state index contributed by atoms with van der Waals surface area (Å²) in [6.45, 7) is 2.03. The molecule has 3 nitrogen and oxygen atoms in total. The number of carbonyl (C=O) groups excluding carboxylic acids is 1. The van der Waals surface area contributed by atoms with Crippen LogP contribution in [0.4, 0.5) is 0 Å². The summed E-state index contributed by atoms with van der Waals surface area (Å²) in [5.74, 6) is 0.0450. The zero-order valence-electron chi connectivity index (χ0n) is 10.6. The van der Waals surface area contributed by atoms with Crippen LogP contribution in [0.3, 0.4) is 0 Å². The normalized spacial score (nSPS) is 23.7. The standard InChI is InChI=1S/C14H19IN2O/c1-9-3-2-4-12(13(9)15)14(18)17-11-7-5-10(16)6-8-11/h2-4,10-11H,5-8,16H2,1H3,(H,17,18). The van der Waals surface area contributed by atoms with Crippen LogP contribution in [0, 0.1) is 10.5 Å². The third-order valence-electron chi connectivity index (χ3n) is 3.54. The quantitative estimate of drug-likeness (QED) is 0.799. The number of halogens is 1. The van der Waals surface area contributed by atoms with E-state index in [1.54, 1.807) is 0 Å². The number of aryl methyl sites for hydroxylation is 1. The van der Waals surface area contributed by atoms with Crippen molar-refractivity contribution >= 4 is 28.5 Å². The molecule has 18 heavy (non-hydrogen) atoms. The molecule has 2 rings (SSSR count). The molecule has 0 aromatic heterocycles. The molecule has 98 valence electrons. The fourth-order valence-corrected chi connectivity index (χ4v) is 2.95. The molecule has 1 aromatic carbocycles. The summed E-state index contributed by atoms with van der Waals surface area (Å²) in [6.07, 6.45) is 4.01. The summed E-state index contributed by atoms with van der Waals surface area (Å²) in [6, 6.07) is 6.45. The van der Waals surface area contributed by atoms with Gasteiger partial charge in [-0.15, -0.1) is 0 Å². The van der Waals surface area contributed by atoms with Crippen molar-refractivity contribution < 1.29 is 4.79 Å². The summed E-state index contributed by atoms with van der Waals surface area (Å²) < 4.78 is 1.04. The molecule has 1 aliphatic rings. The van der Waals surface area contributed by atoms with Crippen LogP contribution in [0.5, 0.6) is 0 Å². The second-order valence-electron chi connectivity index (χ2n) is 5.02. The maximum absolute atomic E-state index is 12.2. The fourth-order valence-electron chi connectivity index (χ4n) is 2.35. The average molecular weight is 358 g/mol. The smallest absolute Gasteiger partial charge is 0.252 e. The van der Waals surface area contributed by atoms with Crippen LogP contribution >= 0.6 is 22.6 Å². The van der Waals surface area contributed by atoms with Crippen molar-refractivity contribution in [2.24, 2.45) is 5.73 Å². The summed E-state index contributed by atoms with van der Waals surface area (Å²) in [5.41, 5.74) is 7.80. The summed E-state index contributed by atoms with van der Waals surface area (Å²) in [4.78, 5) is 12.2. The number of carbonyl (C=O) groups is 1. The van der Waals surface area contributed by atoms with E-state index < -0.39 is 0 Å². The molecule has 0 spiro atoms. The minimum atomic E-state index is 0.0450. The molecule has 0 radical (unpaired) electrons. The Morgan fingerprint density at radius 1 is 1.33 bits per heavy atom. The van der Waals surface area contributed by atoms with Crippen molar-refractivity contribution in [1.82, 2.24) is 5.32 Å². The minimum Gasteiger partial charge on any atom is -0.349 e. The van der Waals surface area contributed by atoms with Crippen LogP contribution in [-0.4, -0.2) is 18.0 Å². The maximum Gasteiger partial charge on any atom is 0.252 e. The Morgan fingerprint density at radius 2 is 2.00 bits per heavy atom. The van der Waals surface area contributed by atoms with Gasteiger partial charge in [0.05, 0.1) is 5.56 Å². The van der Waals surface area contributed by atoms with Gasteiger partial charge in [0.25, 0.3) is 5.91 Å². The molecule has 1 aliphatic carbocycles. The van der Waals surface area contributed by atoms with E-state index in [9.17, 15) is 4.79 Å². The van der Waals surface area contributed by atoms with Gasteiger partial charge >= 0.3 is 0 Å². The van der Waals surface area contributed by atoms with Crippen molar-refractivity contribution in [3.8, 4) is 0 Å². The first-order valence-corrected chi connectivity index (χ1v) is 7.47. The largest absolute Gasteiger partial charge is 0.349 e. The van der Waals surface area contributed by atoms with Gasteiger partial charge in [0.15, 0.2) is 0 Å². The van der Waals surface area contributed by atoms with E-state index in [1.807, 2.05) is 25.1 Å². The Morgan fingerprint density at radius 3 is 2.67 bits per heavy atom. The molecule has 4 heteroatoms. The van der Waals surface area contributed by atoms with Gasteiger partial charge in [0.1, 0.15) is 0 Å². The molecular weight excluding hydrogens is 339 g/mol. The Labute approximate surface area is 122 Å². The van der Waals surface area contributed by atoms with Crippen LogP contribution in [0.15, 0.2) is 18.2 Å². The van der Waals surface area contributed by atoms with E-state index in [0.717, 1.165) is 40.4 Å². The lowest BCUT2D eigenvalue weighted by atomic mass is 9.91. The Kier molecular flexibility index (Phi) is 4.61. The number of benzene rings is 1. The van der Waals surface area contributed by atoms with Crippen LogP contribution in [-0.2, 0) is 0 Å². The zero-order valence-corrected chi connectivity index (χ0v) is 12.7. The van der Waals surface area contributed by atoms with E-state index in [1.165, 1.54) is 0 Å². The first kappa shape index (κ1) is 13.8. The average Bonchev–Trinajstić information content (AvgIpc) is 2.35. The molecule has 3 N–H and O–H groups in total. The van der Waals surface area contributed by atoms with E-state index in [2.05, 4.69) is 27.9 Å².